The van der Waals surface area contributed by atoms with Crippen LogP contribution < -0.4 is 11.2 Å². The number of benzene rings is 1. The van der Waals surface area contributed by atoms with Gasteiger partial charge in [-0.2, -0.15) is 9.97 Å². The highest BCUT2D eigenvalue weighted by molar-refractivity contribution is 6.28. The summed E-state index contributed by atoms with van der Waals surface area (Å²) in [6.45, 7) is 4.88. The Labute approximate surface area is 195 Å². The first-order valence-electron chi connectivity index (χ1n) is 11.3. The summed E-state index contributed by atoms with van der Waals surface area (Å²) >= 11 is 5.99. The van der Waals surface area contributed by atoms with Gasteiger partial charge in [-0.3, -0.25) is 13.9 Å². The lowest BCUT2D eigenvalue weighted by Gasteiger charge is -2.11. The van der Waals surface area contributed by atoms with Gasteiger partial charge >= 0.3 is 5.69 Å². The maximum Gasteiger partial charge on any atom is 0.332 e. The van der Waals surface area contributed by atoms with E-state index in [1.165, 1.54) is 4.57 Å². The first kappa shape index (κ1) is 23.0. The fourth-order valence-electron chi connectivity index (χ4n) is 3.89. The number of halogens is 1. The normalized spacial score (nSPS) is 11.5. The Morgan fingerprint density at radius 3 is 2.58 bits per heavy atom. The molecule has 4 aromatic rings. The zero-order valence-corrected chi connectivity index (χ0v) is 19.6. The molecule has 33 heavy (non-hydrogen) atoms. The van der Waals surface area contributed by atoms with Crippen molar-refractivity contribution in [2.45, 2.75) is 65.5 Å². The van der Waals surface area contributed by atoms with Crippen LogP contribution in [0.15, 0.2) is 38.4 Å². The second-order valence-electron chi connectivity index (χ2n) is 8.11. The van der Waals surface area contributed by atoms with Gasteiger partial charge in [0.05, 0.1) is 0 Å². The lowest BCUT2D eigenvalue weighted by molar-refractivity contribution is 0.420. The largest absolute Gasteiger partial charge is 0.334 e. The van der Waals surface area contributed by atoms with Gasteiger partial charge in [0.25, 0.3) is 11.4 Å². The van der Waals surface area contributed by atoms with Gasteiger partial charge in [-0.25, -0.2) is 4.79 Å². The zero-order chi connectivity index (χ0) is 23.4. The minimum absolute atomic E-state index is 0.102. The van der Waals surface area contributed by atoms with Gasteiger partial charge < -0.3 is 9.51 Å². The van der Waals surface area contributed by atoms with Crippen LogP contribution in [0.25, 0.3) is 22.6 Å². The third-order valence-electron chi connectivity index (χ3n) is 5.69. The van der Waals surface area contributed by atoms with E-state index >= 15 is 0 Å². The molecule has 3 aromatic heterocycles. The summed E-state index contributed by atoms with van der Waals surface area (Å²) in [7, 11) is 0. The molecule has 1 N–H and O–H groups in total. The molecule has 0 amide bonds. The summed E-state index contributed by atoms with van der Waals surface area (Å²) in [5, 5.41) is 4.17. The molecule has 0 aliphatic rings. The Hall–Kier alpha value is -3.20. The van der Waals surface area contributed by atoms with Crippen LogP contribution in [0, 0.1) is 6.92 Å². The number of aryl methyl sites for hydroxylation is 3. The predicted molar refractivity (Wildman–Crippen MR) is 127 cm³/mol. The number of fused-ring (bicyclic) bond motifs is 1. The number of aromatic nitrogens is 6. The standard InChI is InChI=1S/C23H27ClN6O3/c1-3-4-8-13-29-19-18(26-22(24)27-19)21(31)30(23(29)32)14-9-7-12-17-25-20(33-28-17)16-11-6-5-10-15(16)2/h5-6,10-11H,3-4,7-9,12-14H2,1-2H3,(H,26,27). The van der Waals surface area contributed by atoms with E-state index in [9.17, 15) is 9.59 Å². The molecule has 0 saturated carbocycles. The molecule has 1 aromatic carbocycles. The van der Waals surface area contributed by atoms with Gasteiger partial charge in [-0.1, -0.05) is 43.1 Å². The molecule has 0 fully saturated rings. The van der Waals surface area contributed by atoms with Crippen molar-refractivity contribution in [3.8, 4) is 11.5 Å². The van der Waals surface area contributed by atoms with E-state index in [4.69, 9.17) is 16.1 Å². The van der Waals surface area contributed by atoms with Crippen LogP contribution in [0.2, 0.25) is 5.28 Å². The zero-order valence-electron chi connectivity index (χ0n) is 18.8. The van der Waals surface area contributed by atoms with Crippen molar-refractivity contribution in [1.29, 1.82) is 0 Å². The van der Waals surface area contributed by atoms with Crippen LogP contribution in [0.5, 0.6) is 0 Å². The molecule has 3 heterocycles. The fourth-order valence-corrected chi connectivity index (χ4v) is 4.06. The van der Waals surface area contributed by atoms with Gasteiger partial charge in [-0.05, 0) is 49.4 Å². The molecule has 0 atom stereocenters. The van der Waals surface area contributed by atoms with Crippen molar-refractivity contribution >= 4 is 22.8 Å². The lowest BCUT2D eigenvalue weighted by Crippen LogP contribution is -2.40. The van der Waals surface area contributed by atoms with Crippen LogP contribution in [0.4, 0.5) is 0 Å². The maximum atomic E-state index is 13.1. The van der Waals surface area contributed by atoms with Crippen LogP contribution in [-0.4, -0.2) is 29.2 Å². The number of hydrogen-bond acceptors (Lipinski definition) is 6. The van der Waals surface area contributed by atoms with Gasteiger partial charge in [0.15, 0.2) is 17.0 Å². The molecule has 0 radical (unpaired) electrons. The molecular formula is C23H27ClN6O3. The third kappa shape index (κ3) is 4.93. The van der Waals surface area contributed by atoms with E-state index in [1.807, 2.05) is 31.2 Å². The summed E-state index contributed by atoms with van der Waals surface area (Å²) in [4.78, 5) is 37.4. The Morgan fingerprint density at radius 1 is 1.03 bits per heavy atom. The van der Waals surface area contributed by atoms with Crippen LogP contribution in [0.1, 0.15) is 50.4 Å². The highest BCUT2D eigenvalue weighted by atomic mass is 35.5. The maximum absolute atomic E-state index is 13.1. The van der Waals surface area contributed by atoms with E-state index in [0.29, 0.717) is 49.7 Å². The first-order chi connectivity index (χ1) is 16.0. The van der Waals surface area contributed by atoms with Crippen molar-refractivity contribution in [2.24, 2.45) is 0 Å². The SMILES string of the molecule is CCCCCn1c(=O)n(CCCCc2noc(-c3ccccc3C)n2)c(=O)c2[nH]c(Cl)nc21. The van der Waals surface area contributed by atoms with E-state index < -0.39 is 5.56 Å². The van der Waals surface area contributed by atoms with Gasteiger partial charge in [0.1, 0.15) is 0 Å². The third-order valence-corrected chi connectivity index (χ3v) is 5.87. The topological polar surface area (TPSA) is 112 Å². The summed E-state index contributed by atoms with van der Waals surface area (Å²) in [5.74, 6) is 1.10. The fraction of sp³-hybridized carbons (Fsp3) is 0.435. The number of H-pyrrole nitrogens is 1. The van der Waals surface area contributed by atoms with Gasteiger partial charge in [-0.15, -0.1) is 0 Å². The van der Waals surface area contributed by atoms with E-state index in [0.717, 1.165) is 30.4 Å². The molecule has 174 valence electrons. The van der Waals surface area contributed by atoms with Gasteiger partial charge in [0.2, 0.25) is 5.28 Å². The molecular weight excluding hydrogens is 444 g/mol. The molecule has 4 rings (SSSR count). The molecule has 10 heteroatoms. The summed E-state index contributed by atoms with van der Waals surface area (Å²) in [6.07, 6.45) is 4.76. The number of imidazole rings is 1. The Kier molecular flexibility index (Phi) is 7.08. The molecule has 0 unspecified atom stereocenters. The highest BCUT2D eigenvalue weighted by Gasteiger charge is 2.17. The Morgan fingerprint density at radius 2 is 1.79 bits per heavy atom. The quantitative estimate of drug-likeness (QED) is 0.276. The van der Waals surface area contributed by atoms with Crippen LogP contribution in [-0.2, 0) is 19.5 Å². The average Bonchev–Trinajstić information content (AvgIpc) is 3.42. The molecule has 0 bridgehead atoms. The molecule has 0 aliphatic carbocycles. The van der Waals surface area contributed by atoms with Crippen molar-refractivity contribution in [1.82, 2.24) is 29.2 Å². The lowest BCUT2D eigenvalue weighted by atomic mass is 10.1. The smallest absolute Gasteiger partial charge is 0.332 e. The van der Waals surface area contributed by atoms with Crippen molar-refractivity contribution in [3.05, 3.63) is 61.8 Å². The Balaban J connectivity index is 1.46. The summed E-state index contributed by atoms with van der Waals surface area (Å²) < 4.78 is 8.21. The van der Waals surface area contributed by atoms with Crippen LogP contribution in [0.3, 0.4) is 0 Å². The number of aromatic amines is 1. The minimum atomic E-state index is -0.400. The van der Waals surface area contributed by atoms with Crippen LogP contribution >= 0.6 is 11.6 Å². The number of hydrogen-bond donors (Lipinski definition) is 1. The second-order valence-corrected chi connectivity index (χ2v) is 8.47. The van der Waals surface area contributed by atoms with Crippen molar-refractivity contribution in [2.75, 3.05) is 0 Å². The molecule has 0 aliphatic heterocycles. The molecule has 9 nitrogen and oxygen atoms in total. The number of nitrogens with one attached hydrogen (secondary N) is 1. The minimum Gasteiger partial charge on any atom is -0.334 e. The average molecular weight is 471 g/mol. The van der Waals surface area contributed by atoms with E-state index in [2.05, 4.69) is 27.0 Å². The number of nitrogens with zero attached hydrogens (tertiary/aromatic N) is 5. The van der Waals surface area contributed by atoms with Gasteiger partial charge in [0, 0.05) is 25.1 Å². The second kappa shape index (κ2) is 10.2. The monoisotopic (exact) mass is 470 g/mol. The van der Waals surface area contributed by atoms with Crippen molar-refractivity contribution < 1.29 is 4.52 Å². The number of rotatable bonds is 10. The number of unbranched alkanes of at least 4 members (excludes halogenated alkanes) is 3. The molecule has 0 spiro atoms. The highest BCUT2D eigenvalue weighted by Crippen LogP contribution is 2.21. The Bertz CT molecular complexity index is 1370. The van der Waals surface area contributed by atoms with E-state index in [-0.39, 0.29) is 16.5 Å². The predicted octanol–water partition coefficient (Wildman–Crippen LogP) is 4.11. The first-order valence-corrected chi connectivity index (χ1v) is 11.6. The molecule has 0 saturated heterocycles. The van der Waals surface area contributed by atoms with Crippen molar-refractivity contribution in [3.63, 3.8) is 0 Å². The summed E-state index contributed by atoms with van der Waals surface area (Å²) in [5.41, 5.74) is 1.81. The van der Waals surface area contributed by atoms with E-state index in [1.54, 1.807) is 4.57 Å². The summed E-state index contributed by atoms with van der Waals surface area (Å²) in [6, 6.07) is 7.84.